The van der Waals surface area contributed by atoms with E-state index in [1.165, 1.54) is 0 Å². The van der Waals surface area contributed by atoms with Crippen LogP contribution in [0.15, 0.2) is 12.1 Å². The maximum atomic E-state index is 12.3. The average molecular weight is 292 g/mol. The largest absolute Gasteiger partial charge is 0.446 e. The van der Waals surface area contributed by atoms with Crippen LogP contribution in [0.2, 0.25) is 5.02 Å². The standard InChI is InChI=1S/C7H5ClF3NO4S/c8-4-1-3(7(9,10)11)2-5(6(4)12)16-17(13,14)15/h1-2H,12H2,(H,13,14,15). The molecule has 0 amide bonds. The van der Waals surface area contributed by atoms with Crippen LogP contribution >= 0.6 is 11.6 Å². The molecule has 0 bridgehead atoms. The van der Waals surface area contributed by atoms with Crippen LogP contribution in [0.5, 0.6) is 5.75 Å². The smallest absolute Gasteiger partial charge is 0.394 e. The van der Waals surface area contributed by atoms with E-state index in [0.717, 1.165) is 0 Å². The van der Waals surface area contributed by atoms with Crippen molar-refractivity contribution in [3.05, 3.63) is 22.7 Å². The van der Waals surface area contributed by atoms with Crippen LogP contribution in [-0.2, 0) is 16.6 Å². The quantitative estimate of drug-likeness (QED) is 0.643. The second-order valence-corrected chi connectivity index (χ2v) is 4.31. The maximum absolute atomic E-state index is 12.3. The van der Waals surface area contributed by atoms with Crippen molar-refractivity contribution in [2.75, 3.05) is 5.73 Å². The highest BCUT2D eigenvalue weighted by atomic mass is 35.5. The summed E-state index contributed by atoms with van der Waals surface area (Å²) in [7, 11) is -4.98. The summed E-state index contributed by atoms with van der Waals surface area (Å²) >= 11 is 5.37. The van der Waals surface area contributed by atoms with Gasteiger partial charge in [-0.3, -0.25) is 4.55 Å². The van der Waals surface area contributed by atoms with Gasteiger partial charge in [-0.1, -0.05) is 11.6 Å². The monoisotopic (exact) mass is 291 g/mol. The fraction of sp³-hybridized carbons (Fsp3) is 0.143. The van der Waals surface area contributed by atoms with Crippen molar-refractivity contribution < 1.29 is 30.3 Å². The lowest BCUT2D eigenvalue weighted by molar-refractivity contribution is -0.137. The zero-order valence-corrected chi connectivity index (χ0v) is 9.40. The van der Waals surface area contributed by atoms with Gasteiger partial charge in [0.1, 0.15) is 0 Å². The van der Waals surface area contributed by atoms with Gasteiger partial charge >= 0.3 is 16.6 Å². The molecule has 0 atom stereocenters. The zero-order chi connectivity index (χ0) is 13.4. The summed E-state index contributed by atoms with van der Waals surface area (Å²) in [6.07, 6.45) is -4.76. The Hall–Kier alpha value is -1.19. The number of alkyl halides is 3. The van der Waals surface area contributed by atoms with E-state index < -0.39 is 38.6 Å². The molecule has 0 heterocycles. The summed E-state index contributed by atoms with van der Waals surface area (Å²) in [5.41, 5.74) is 3.42. The van der Waals surface area contributed by atoms with Crippen molar-refractivity contribution in [1.82, 2.24) is 0 Å². The third-order valence-electron chi connectivity index (χ3n) is 1.61. The number of hydrogen-bond acceptors (Lipinski definition) is 4. The number of benzene rings is 1. The van der Waals surface area contributed by atoms with E-state index in [2.05, 4.69) is 4.18 Å². The van der Waals surface area contributed by atoms with E-state index in [1.807, 2.05) is 0 Å². The first-order valence-corrected chi connectivity index (χ1v) is 5.58. The minimum absolute atomic E-state index is 0.314. The Morgan fingerprint density at radius 1 is 1.35 bits per heavy atom. The van der Waals surface area contributed by atoms with Crippen LogP contribution in [0.25, 0.3) is 0 Å². The molecule has 0 spiro atoms. The Morgan fingerprint density at radius 2 is 1.88 bits per heavy atom. The number of rotatable bonds is 2. The molecule has 1 aromatic rings. The number of nitrogens with two attached hydrogens (primary N) is 1. The molecule has 0 aliphatic carbocycles. The SMILES string of the molecule is Nc1c(Cl)cc(C(F)(F)F)cc1OS(=O)(=O)O. The lowest BCUT2D eigenvalue weighted by atomic mass is 10.2. The predicted octanol–water partition coefficient (Wildman–Crippen LogP) is 2.12. The lowest BCUT2D eigenvalue weighted by Crippen LogP contribution is -2.11. The Kier molecular flexibility index (Phi) is 3.46. The predicted molar refractivity (Wildman–Crippen MR) is 53.0 cm³/mol. The minimum atomic E-state index is -4.98. The summed E-state index contributed by atoms with van der Waals surface area (Å²) in [6, 6.07) is 0.822. The van der Waals surface area contributed by atoms with Gasteiger partial charge in [-0.25, -0.2) is 0 Å². The molecule has 1 aromatic carbocycles. The third kappa shape index (κ3) is 3.65. The van der Waals surface area contributed by atoms with E-state index in [-0.39, 0.29) is 0 Å². The molecular formula is C7H5ClF3NO4S. The number of hydrogen-bond donors (Lipinski definition) is 2. The van der Waals surface area contributed by atoms with Gasteiger partial charge in [0.05, 0.1) is 16.3 Å². The van der Waals surface area contributed by atoms with Crippen LogP contribution in [0.3, 0.4) is 0 Å². The molecule has 3 N–H and O–H groups in total. The van der Waals surface area contributed by atoms with Crippen LogP contribution in [0.4, 0.5) is 18.9 Å². The van der Waals surface area contributed by atoms with E-state index in [4.69, 9.17) is 21.9 Å². The van der Waals surface area contributed by atoms with Gasteiger partial charge in [0.25, 0.3) is 0 Å². The Morgan fingerprint density at radius 3 is 2.29 bits per heavy atom. The normalized spacial score (nSPS) is 12.5. The molecule has 10 heteroatoms. The van der Waals surface area contributed by atoms with Crippen molar-refractivity contribution in [3.8, 4) is 5.75 Å². The molecule has 0 radical (unpaired) electrons. The first kappa shape index (κ1) is 13.9. The van der Waals surface area contributed by atoms with Crippen molar-refractivity contribution in [3.63, 3.8) is 0 Å². The highest BCUT2D eigenvalue weighted by Crippen LogP contribution is 2.38. The molecule has 0 aliphatic rings. The molecule has 0 aromatic heterocycles. The Balaban J connectivity index is 3.36. The molecule has 5 nitrogen and oxygen atoms in total. The van der Waals surface area contributed by atoms with Gasteiger partial charge < -0.3 is 9.92 Å². The summed E-state index contributed by atoms with van der Waals surface area (Å²) in [5, 5.41) is -0.543. The highest BCUT2D eigenvalue weighted by Gasteiger charge is 2.32. The van der Waals surface area contributed by atoms with Crippen LogP contribution in [0.1, 0.15) is 5.56 Å². The molecule has 17 heavy (non-hydrogen) atoms. The van der Waals surface area contributed by atoms with Crippen molar-refractivity contribution in [2.45, 2.75) is 6.18 Å². The van der Waals surface area contributed by atoms with Gasteiger partial charge in [0.2, 0.25) is 0 Å². The first-order chi connectivity index (χ1) is 7.50. The Labute approximate surface area is 98.9 Å². The van der Waals surface area contributed by atoms with Gasteiger partial charge in [0, 0.05) is 0 Å². The fourth-order valence-electron chi connectivity index (χ4n) is 0.939. The molecule has 0 aliphatic heterocycles. The molecule has 0 saturated carbocycles. The maximum Gasteiger partial charge on any atom is 0.446 e. The van der Waals surface area contributed by atoms with E-state index >= 15 is 0 Å². The third-order valence-corrected chi connectivity index (χ3v) is 2.32. The van der Waals surface area contributed by atoms with E-state index in [9.17, 15) is 21.6 Å². The molecule has 0 saturated heterocycles. The second-order valence-electron chi connectivity index (χ2n) is 2.88. The summed E-state index contributed by atoms with van der Waals surface area (Å²) < 4.78 is 70.0. The highest BCUT2D eigenvalue weighted by molar-refractivity contribution is 7.81. The molecule has 96 valence electrons. The summed E-state index contributed by atoms with van der Waals surface area (Å²) in [6.45, 7) is 0. The first-order valence-electron chi connectivity index (χ1n) is 3.84. The number of halogens is 4. The second kappa shape index (κ2) is 4.24. The van der Waals surface area contributed by atoms with E-state index in [0.29, 0.717) is 12.1 Å². The molecular weight excluding hydrogens is 287 g/mol. The Bertz CT molecular complexity index is 543. The average Bonchev–Trinajstić information content (AvgIpc) is 2.08. The minimum Gasteiger partial charge on any atom is -0.394 e. The topological polar surface area (TPSA) is 89.6 Å². The van der Waals surface area contributed by atoms with Gasteiger partial charge in [-0.15, -0.1) is 0 Å². The van der Waals surface area contributed by atoms with Crippen molar-refractivity contribution >= 4 is 27.7 Å². The van der Waals surface area contributed by atoms with Gasteiger partial charge in [-0.2, -0.15) is 21.6 Å². The molecule has 0 fully saturated rings. The van der Waals surface area contributed by atoms with Gasteiger partial charge in [-0.05, 0) is 12.1 Å². The zero-order valence-electron chi connectivity index (χ0n) is 7.82. The fourth-order valence-corrected chi connectivity index (χ4v) is 1.51. The van der Waals surface area contributed by atoms with Crippen molar-refractivity contribution in [2.24, 2.45) is 0 Å². The lowest BCUT2D eigenvalue weighted by Gasteiger charge is -2.11. The van der Waals surface area contributed by atoms with Crippen molar-refractivity contribution in [1.29, 1.82) is 0 Å². The molecule has 1 rings (SSSR count). The van der Waals surface area contributed by atoms with Gasteiger partial charge in [0.15, 0.2) is 5.75 Å². The number of anilines is 1. The van der Waals surface area contributed by atoms with Crippen LogP contribution in [-0.4, -0.2) is 13.0 Å². The van der Waals surface area contributed by atoms with E-state index in [1.54, 1.807) is 0 Å². The number of nitrogen functional groups attached to an aromatic ring is 1. The molecule has 0 unspecified atom stereocenters. The van der Waals surface area contributed by atoms with Crippen LogP contribution < -0.4 is 9.92 Å². The van der Waals surface area contributed by atoms with Crippen LogP contribution in [0, 0.1) is 0 Å². The summed E-state index contributed by atoms with van der Waals surface area (Å²) in [5.74, 6) is -0.896. The summed E-state index contributed by atoms with van der Waals surface area (Å²) in [4.78, 5) is 0.